The highest BCUT2D eigenvalue weighted by atomic mass is 79.9. The lowest BCUT2D eigenvalue weighted by atomic mass is 9.78. The van der Waals surface area contributed by atoms with E-state index in [1.165, 1.54) is 24.4 Å². The summed E-state index contributed by atoms with van der Waals surface area (Å²) < 4.78 is 3.72. The molecule has 0 saturated heterocycles. The van der Waals surface area contributed by atoms with Crippen LogP contribution in [0.5, 0.6) is 0 Å². The summed E-state index contributed by atoms with van der Waals surface area (Å²) in [6, 6.07) is 0. The first kappa shape index (κ1) is 13.0. The van der Waals surface area contributed by atoms with Crippen LogP contribution in [0.25, 0.3) is 0 Å². The Balaban J connectivity index is 2.02. The van der Waals surface area contributed by atoms with Crippen LogP contribution in [0.4, 0.5) is 0 Å². The third-order valence-corrected chi connectivity index (χ3v) is 5.04. The Labute approximate surface area is 113 Å². The van der Waals surface area contributed by atoms with Crippen LogP contribution in [-0.2, 0) is 0 Å². The number of carbonyl (C=O) groups excluding carboxylic acids is 1. The molecule has 0 radical (unpaired) electrons. The second kappa shape index (κ2) is 5.44. The first-order valence-electron chi connectivity index (χ1n) is 5.81. The minimum atomic E-state index is -0.104. The Morgan fingerprint density at radius 1 is 1.65 bits per heavy atom. The van der Waals surface area contributed by atoms with Crippen molar-refractivity contribution in [2.75, 3.05) is 5.33 Å². The molecule has 0 atom stereocenters. The van der Waals surface area contributed by atoms with Crippen molar-refractivity contribution >= 4 is 33.4 Å². The fraction of sp³-hybridized carbons (Fsp3) is 0.727. The standard InChI is InChI=1S/C11H16BrN3OS/c1-8-2-4-11(7-12,5-3-8)13-10(16)9-6-17-15-14-9/h6,8H,2-5,7H2,1H3,(H,13,16). The minimum Gasteiger partial charge on any atom is -0.344 e. The van der Waals surface area contributed by atoms with Gasteiger partial charge in [0.2, 0.25) is 0 Å². The molecule has 17 heavy (non-hydrogen) atoms. The maximum atomic E-state index is 12.0. The van der Waals surface area contributed by atoms with Crippen LogP contribution in [0.2, 0.25) is 0 Å². The Bertz CT molecular complexity index is 374. The molecule has 2 rings (SSSR count). The van der Waals surface area contributed by atoms with Crippen LogP contribution in [0, 0.1) is 5.92 Å². The van der Waals surface area contributed by atoms with Gasteiger partial charge < -0.3 is 5.32 Å². The maximum absolute atomic E-state index is 12.0. The van der Waals surface area contributed by atoms with Crippen LogP contribution in [0.1, 0.15) is 43.1 Å². The molecule has 94 valence electrons. The van der Waals surface area contributed by atoms with Gasteiger partial charge in [-0.2, -0.15) is 0 Å². The van der Waals surface area contributed by atoms with E-state index >= 15 is 0 Å². The van der Waals surface area contributed by atoms with Gasteiger partial charge in [0, 0.05) is 10.7 Å². The summed E-state index contributed by atoms with van der Waals surface area (Å²) in [5, 5.41) is 9.41. The molecule has 6 heteroatoms. The molecular weight excluding hydrogens is 302 g/mol. The zero-order chi connectivity index (χ0) is 12.3. The second-order valence-electron chi connectivity index (χ2n) is 4.84. The molecule has 1 heterocycles. The van der Waals surface area contributed by atoms with Crippen LogP contribution in [0.15, 0.2) is 5.38 Å². The van der Waals surface area contributed by atoms with E-state index in [1.807, 2.05) is 0 Å². The van der Waals surface area contributed by atoms with Crippen LogP contribution in [0.3, 0.4) is 0 Å². The van der Waals surface area contributed by atoms with Crippen molar-refractivity contribution in [1.82, 2.24) is 14.9 Å². The largest absolute Gasteiger partial charge is 0.344 e. The summed E-state index contributed by atoms with van der Waals surface area (Å²) in [4.78, 5) is 12.0. The van der Waals surface area contributed by atoms with Gasteiger partial charge in [-0.3, -0.25) is 4.79 Å². The molecule has 1 fully saturated rings. The van der Waals surface area contributed by atoms with E-state index in [2.05, 4.69) is 37.8 Å². The smallest absolute Gasteiger partial charge is 0.273 e. The van der Waals surface area contributed by atoms with E-state index in [1.54, 1.807) is 5.38 Å². The number of nitrogens with zero attached hydrogens (tertiary/aromatic N) is 2. The summed E-state index contributed by atoms with van der Waals surface area (Å²) in [6.07, 6.45) is 4.40. The summed E-state index contributed by atoms with van der Waals surface area (Å²) in [6.45, 7) is 2.27. The Morgan fingerprint density at radius 2 is 2.35 bits per heavy atom. The lowest BCUT2D eigenvalue weighted by Crippen LogP contribution is -2.52. The molecule has 1 aromatic heterocycles. The van der Waals surface area contributed by atoms with Crippen molar-refractivity contribution in [3.8, 4) is 0 Å². The second-order valence-corrected chi connectivity index (χ2v) is 6.01. The Morgan fingerprint density at radius 3 is 2.88 bits per heavy atom. The third kappa shape index (κ3) is 3.04. The molecular formula is C11H16BrN3OS. The van der Waals surface area contributed by atoms with Gasteiger partial charge in [0.05, 0.1) is 5.54 Å². The number of alkyl halides is 1. The van der Waals surface area contributed by atoms with Gasteiger partial charge in [-0.15, -0.1) is 5.10 Å². The highest BCUT2D eigenvalue weighted by molar-refractivity contribution is 9.09. The fourth-order valence-corrected chi connectivity index (χ4v) is 3.31. The average Bonchev–Trinajstić information content (AvgIpc) is 2.86. The van der Waals surface area contributed by atoms with Gasteiger partial charge in [-0.05, 0) is 43.1 Å². The highest BCUT2D eigenvalue weighted by Gasteiger charge is 2.35. The summed E-state index contributed by atoms with van der Waals surface area (Å²) in [5.74, 6) is 0.660. The predicted octanol–water partition coefficient (Wildman–Crippen LogP) is 2.61. The van der Waals surface area contributed by atoms with E-state index in [9.17, 15) is 4.79 Å². The zero-order valence-electron chi connectivity index (χ0n) is 9.78. The summed E-state index contributed by atoms with van der Waals surface area (Å²) in [7, 11) is 0. The number of amides is 1. The molecule has 0 aromatic carbocycles. The topological polar surface area (TPSA) is 54.9 Å². The van der Waals surface area contributed by atoms with Crippen molar-refractivity contribution < 1.29 is 4.79 Å². The number of carbonyl (C=O) groups is 1. The molecule has 0 unspecified atom stereocenters. The van der Waals surface area contributed by atoms with Crippen molar-refractivity contribution in [2.45, 2.75) is 38.1 Å². The monoisotopic (exact) mass is 317 g/mol. The minimum absolute atomic E-state index is 0.104. The highest BCUT2D eigenvalue weighted by Crippen LogP contribution is 2.33. The molecule has 4 nitrogen and oxygen atoms in total. The van der Waals surface area contributed by atoms with Gasteiger partial charge in [0.15, 0.2) is 5.69 Å². The van der Waals surface area contributed by atoms with Gasteiger partial charge in [0.25, 0.3) is 5.91 Å². The van der Waals surface area contributed by atoms with Gasteiger partial charge in [-0.1, -0.05) is 27.3 Å². The Kier molecular flexibility index (Phi) is 4.14. The lowest BCUT2D eigenvalue weighted by molar-refractivity contribution is 0.0869. The van der Waals surface area contributed by atoms with Crippen LogP contribution < -0.4 is 5.32 Å². The number of nitrogens with one attached hydrogen (secondary N) is 1. The molecule has 0 spiro atoms. The first-order chi connectivity index (χ1) is 8.15. The molecule has 1 amide bonds. The molecule has 0 aliphatic heterocycles. The van der Waals surface area contributed by atoms with Gasteiger partial charge >= 0.3 is 0 Å². The molecule has 1 saturated carbocycles. The first-order valence-corrected chi connectivity index (χ1v) is 7.76. The van der Waals surface area contributed by atoms with Crippen LogP contribution >= 0.6 is 27.5 Å². The molecule has 1 N–H and O–H groups in total. The number of halogens is 1. The number of rotatable bonds is 3. The molecule has 1 aliphatic rings. The quantitative estimate of drug-likeness (QED) is 0.872. The van der Waals surface area contributed by atoms with Crippen molar-refractivity contribution in [3.05, 3.63) is 11.1 Å². The summed E-state index contributed by atoms with van der Waals surface area (Å²) >= 11 is 4.73. The SMILES string of the molecule is CC1CCC(CBr)(NC(=O)c2csnn2)CC1. The van der Waals surface area contributed by atoms with Crippen molar-refractivity contribution in [3.63, 3.8) is 0 Å². The van der Waals surface area contributed by atoms with Gasteiger partial charge in [0.1, 0.15) is 0 Å². The van der Waals surface area contributed by atoms with E-state index in [4.69, 9.17) is 0 Å². The van der Waals surface area contributed by atoms with E-state index in [-0.39, 0.29) is 11.4 Å². The molecule has 1 aromatic rings. The molecule has 1 aliphatic carbocycles. The Hall–Kier alpha value is -0.490. The van der Waals surface area contributed by atoms with E-state index in [0.29, 0.717) is 5.69 Å². The normalized spacial score (nSPS) is 28.9. The lowest BCUT2D eigenvalue weighted by Gasteiger charge is -2.38. The fourth-order valence-electron chi connectivity index (χ4n) is 2.18. The predicted molar refractivity (Wildman–Crippen MR) is 71.5 cm³/mol. The van der Waals surface area contributed by atoms with Crippen molar-refractivity contribution in [2.24, 2.45) is 5.92 Å². The summed E-state index contributed by atoms with van der Waals surface area (Å²) in [5.41, 5.74) is 0.321. The average molecular weight is 318 g/mol. The maximum Gasteiger partial charge on any atom is 0.273 e. The number of aromatic nitrogens is 2. The van der Waals surface area contributed by atoms with Crippen molar-refractivity contribution in [1.29, 1.82) is 0 Å². The van der Waals surface area contributed by atoms with Gasteiger partial charge in [-0.25, -0.2) is 0 Å². The van der Waals surface area contributed by atoms with E-state index in [0.717, 1.165) is 24.1 Å². The third-order valence-electron chi connectivity index (χ3n) is 3.46. The number of hydrogen-bond acceptors (Lipinski definition) is 4. The van der Waals surface area contributed by atoms with E-state index < -0.39 is 0 Å². The molecule has 0 bridgehead atoms. The zero-order valence-corrected chi connectivity index (χ0v) is 12.2. The van der Waals surface area contributed by atoms with Crippen LogP contribution in [-0.4, -0.2) is 26.4 Å². The number of hydrogen-bond donors (Lipinski definition) is 1.